The molecule has 2 unspecified atom stereocenters. The lowest BCUT2D eigenvalue weighted by Crippen LogP contribution is -2.23. The van der Waals surface area contributed by atoms with E-state index in [1.807, 2.05) is 37.3 Å². The standard InChI is InChI=1S/C17H20N4O.ClH/c1-11-8-9-19-16(20-11)12-3-6-15(7-4-12)21-17(22)13-2-5-14(18)10-13;/h3-4,6-9,13-14H,2,5,10,18H2,1H3,(H,21,22);1H. The van der Waals surface area contributed by atoms with E-state index in [1.54, 1.807) is 6.20 Å². The lowest BCUT2D eigenvalue weighted by molar-refractivity contribution is -0.119. The molecule has 6 heteroatoms. The lowest BCUT2D eigenvalue weighted by atomic mass is 10.1. The molecule has 2 atom stereocenters. The number of rotatable bonds is 3. The van der Waals surface area contributed by atoms with Crippen LogP contribution in [0.15, 0.2) is 36.5 Å². The third kappa shape index (κ3) is 4.27. The zero-order chi connectivity index (χ0) is 15.5. The van der Waals surface area contributed by atoms with Gasteiger partial charge in [0, 0.05) is 35.1 Å². The first-order valence-corrected chi connectivity index (χ1v) is 7.58. The fraction of sp³-hybridized carbons (Fsp3) is 0.353. The Labute approximate surface area is 142 Å². The molecule has 0 saturated heterocycles. The Balaban J connectivity index is 0.00000192. The first kappa shape index (κ1) is 17.4. The van der Waals surface area contributed by atoms with Crippen LogP contribution in [0.1, 0.15) is 25.0 Å². The topological polar surface area (TPSA) is 80.9 Å². The normalized spacial score (nSPS) is 19.9. The number of nitrogens with one attached hydrogen (secondary N) is 1. The second-order valence-electron chi connectivity index (χ2n) is 5.86. The van der Waals surface area contributed by atoms with Crippen LogP contribution in [0.2, 0.25) is 0 Å². The van der Waals surface area contributed by atoms with Crippen molar-refractivity contribution in [2.45, 2.75) is 32.2 Å². The summed E-state index contributed by atoms with van der Waals surface area (Å²) in [6.45, 7) is 1.94. The highest BCUT2D eigenvalue weighted by Crippen LogP contribution is 2.26. The fourth-order valence-electron chi connectivity index (χ4n) is 2.79. The summed E-state index contributed by atoms with van der Waals surface area (Å²) in [5.74, 6) is 0.793. The van der Waals surface area contributed by atoms with Crippen LogP contribution >= 0.6 is 12.4 Å². The maximum atomic E-state index is 12.2. The largest absolute Gasteiger partial charge is 0.328 e. The quantitative estimate of drug-likeness (QED) is 0.905. The predicted octanol–water partition coefficient (Wildman–Crippen LogP) is 2.94. The maximum Gasteiger partial charge on any atom is 0.227 e. The first-order chi connectivity index (χ1) is 10.6. The molecule has 23 heavy (non-hydrogen) atoms. The monoisotopic (exact) mass is 332 g/mol. The van der Waals surface area contributed by atoms with Gasteiger partial charge < -0.3 is 11.1 Å². The Bertz CT molecular complexity index is 675. The van der Waals surface area contributed by atoms with Crippen molar-refractivity contribution in [2.75, 3.05) is 5.32 Å². The molecule has 122 valence electrons. The van der Waals surface area contributed by atoms with Crippen LogP contribution in [-0.4, -0.2) is 21.9 Å². The number of nitrogens with two attached hydrogens (primary N) is 1. The van der Waals surface area contributed by atoms with E-state index in [9.17, 15) is 4.79 Å². The summed E-state index contributed by atoms with van der Waals surface area (Å²) in [5, 5.41) is 2.96. The number of aromatic nitrogens is 2. The summed E-state index contributed by atoms with van der Waals surface area (Å²) >= 11 is 0. The average Bonchev–Trinajstić information content (AvgIpc) is 2.95. The van der Waals surface area contributed by atoms with Gasteiger partial charge in [-0.3, -0.25) is 4.79 Å². The molecule has 1 saturated carbocycles. The Morgan fingerprint density at radius 1 is 1.22 bits per heavy atom. The van der Waals surface area contributed by atoms with Crippen molar-refractivity contribution in [3.05, 3.63) is 42.2 Å². The third-order valence-corrected chi connectivity index (χ3v) is 4.05. The number of nitrogens with zero attached hydrogens (tertiary/aromatic N) is 2. The van der Waals surface area contributed by atoms with E-state index in [1.165, 1.54) is 0 Å². The lowest BCUT2D eigenvalue weighted by Gasteiger charge is -2.11. The molecule has 1 aliphatic rings. The van der Waals surface area contributed by atoms with Gasteiger partial charge >= 0.3 is 0 Å². The maximum absolute atomic E-state index is 12.2. The van der Waals surface area contributed by atoms with Crippen LogP contribution in [0.5, 0.6) is 0 Å². The van der Waals surface area contributed by atoms with Gasteiger partial charge in [-0.15, -0.1) is 12.4 Å². The van der Waals surface area contributed by atoms with Gasteiger partial charge in [0.15, 0.2) is 5.82 Å². The van der Waals surface area contributed by atoms with Gasteiger partial charge in [-0.1, -0.05) is 0 Å². The van der Waals surface area contributed by atoms with Crippen molar-refractivity contribution in [1.29, 1.82) is 0 Å². The molecule has 3 rings (SSSR count). The average molecular weight is 333 g/mol. The minimum absolute atomic E-state index is 0. The van der Waals surface area contributed by atoms with Crippen molar-refractivity contribution in [1.82, 2.24) is 9.97 Å². The van der Waals surface area contributed by atoms with Crippen LogP contribution in [0.4, 0.5) is 5.69 Å². The second-order valence-corrected chi connectivity index (χ2v) is 5.86. The summed E-state index contributed by atoms with van der Waals surface area (Å²) in [6, 6.07) is 9.64. The second kappa shape index (κ2) is 7.53. The van der Waals surface area contributed by atoms with Gasteiger partial charge in [-0.2, -0.15) is 0 Å². The molecule has 1 aromatic carbocycles. The van der Waals surface area contributed by atoms with Crippen molar-refractivity contribution < 1.29 is 4.79 Å². The minimum Gasteiger partial charge on any atom is -0.328 e. The number of anilines is 1. The summed E-state index contributed by atoms with van der Waals surface area (Å²) in [6.07, 6.45) is 4.33. The summed E-state index contributed by atoms with van der Waals surface area (Å²) < 4.78 is 0. The number of carbonyl (C=O) groups is 1. The fourth-order valence-corrected chi connectivity index (χ4v) is 2.79. The van der Waals surface area contributed by atoms with E-state index in [2.05, 4.69) is 15.3 Å². The number of amides is 1. The molecule has 1 heterocycles. The van der Waals surface area contributed by atoms with E-state index in [-0.39, 0.29) is 30.3 Å². The predicted molar refractivity (Wildman–Crippen MR) is 93.4 cm³/mol. The van der Waals surface area contributed by atoms with Crippen LogP contribution < -0.4 is 11.1 Å². The summed E-state index contributed by atoms with van der Waals surface area (Å²) in [7, 11) is 0. The zero-order valence-electron chi connectivity index (χ0n) is 13.0. The van der Waals surface area contributed by atoms with Gasteiger partial charge in [-0.05, 0) is 56.5 Å². The smallest absolute Gasteiger partial charge is 0.227 e. The molecule has 0 aliphatic heterocycles. The highest BCUT2D eigenvalue weighted by atomic mass is 35.5. The molecular formula is C17H21ClN4O. The number of aryl methyl sites for hydroxylation is 1. The molecule has 0 bridgehead atoms. The van der Waals surface area contributed by atoms with Crippen molar-refractivity contribution in [3.63, 3.8) is 0 Å². The van der Waals surface area contributed by atoms with Crippen LogP contribution in [0, 0.1) is 12.8 Å². The van der Waals surface area contributed by atoms with Crippen molar-refractivity contribution in [2.24, 2.45) is 11.7 Å². The Kier molecular flexibility index (Phi) is 5.69. The molecule has 5 nitrogen and oxygen atoms in total. The molecule has 1 fully saturated rings. The van der Waals surface area contributed by atoms with E-state index in [0.29, 0.717) is 5.82 Å². The van der Waals surface area contributed by atoms with Gasteiger partial charge in [0.25, 0.3) is 0 Å². The Morgan fingerprint density at radius 3 is 2.57 bits per heavy atom. The van der Waals surface area contributed by atoms with Crippen molar-refractivity contribution in [3.8, 4) is 11.4 Å². The first-order valence-electron chi connectivity index (χ1n) is 7.58. The highest BCUT2D eigenvalue weighted by molar-refractivity contribution is 5.93. The van der Waals surface area contributed by atoms with E-state index in [0.717, 1.165) is 36.2 Å². The molecule has 1 amide bonds. The zero-order valence-corrected chi connectivity index (χ0v) is 13.8. The third-order valence-electron chi connectivity index (χ3n) is 4.05. The van der Waals surface area contributed by atoms with E-state index < -0.39 is 0 Å². The van der Waals surface area contributed by atoms with Gasteiger partial charge in [-0.25, -0.2) is 9.97 Å². The van der Waals surface area contributed by atoms with Crippen LogP contribution in [-0.2, 0) is 4.79 Å². The molecule has 0 spiro atoms. The molecule has 0 radical (unpaired) electrons. The highest BCUT2D eigenvalue weighted by Gasteiger charge is 2.27. The van der Waals surface area contributed by atoms with Gasteiger partial charge in [0.2, 0.25) is 5.91 Å². The van der Waals surface area contributed by atoms with Gasteiger partial charge in [0.05, 0.1) is 0 Å². The molecular weight excluding hydrogens is 312 g/mol. The number of benzene rings is 1. The molecule has 2 aromatic rings. The van der Waals surface area contributed by atoms with Crippen LogP contribution in [0.25, 0.3) is 11.4 Å². The van der Waals surface area contributed by atoms with Gasteiger partial charge in [0.1, 0.15) is 0 Å². The Morgan fingerprint density at radius 2 is 1.96 bits per heavy atom. The number of halogens is 1. The minimum atomic E-state index is 0. The molecule has 1 aliphatic carbocycles. The number of carbonyl (C=O) groups excluding carboxylic acids is 1. The molecule has 1 aromatic heterocycles. The summed E-state index contributed by atoms with van der Waals surface area (Å²) in [5.41, 5.74) is 8.52. The number of hydrogen-bond donors (Lipinski definition) is 2. The summed E-state index contributed by atoms with van der Waals surface area (Å²) in [4.78, 5) is 20.8. The van der Waals surface area contributed by atoms with E-state index >= 15 is 0 Å². The van der Waals surface area contributed by atoms with Crippen LogP contribution in [0.3, 0.4) is 0 Å². The van der Waals surface area contributed by atoms with E-state index in [4.69, 9.17) is 5.73 Å². The molecule has 3 N–H and O–H groups in total. The SMILES string of the molecule is Cc1ccnc(-c2ccc(NC(=O)C3CCC(N)C3)cc2)n1.Cl. The van der Waals surface area contributed by atoms with Crippen molar-refractivity contribution >= 4 is 24.0 Å². The Hall–Kier alpha value is -1.98. The number of hydrogen-bond acceptors (Lipinski definition) is 4.